The van der Waals surface area contributed by atoms with Gasteiger partial charge in [0.15, 0.2) is 0 Å². The minimum atomic E-state index is -4.33. The fourth-order valence-corrected chi connectivity index (χ4v) is 16.3. The summed E-state index contributed by atoms with van der Waals surface area (Å²) in [5.74, 6) is -1.61. The molecule has 9 fully saturated rings. The fourth-order valence-electron chi connectivity index (χ4n) is 12.7. The van der Waals surface area contributed by atoms with Crippen LogP contribution >= 0.6 is 0 Å². The van der Waals surface area contributed by atoms with Crippen LogP contribution in [0.2, 0.25) is 0 Å². The predicted molar refractivity (Wildman–Crippen MR) is 201 cm³/mol. The first kappa shape index (κ1) is 43.6. The Bertz CT molecular complexity index is 1710. The fraction of sp³-hybridized carbons (Fsp3) is 1.00. The van der Waals surface area contributed by atoms with Gasteiger partial charge in [-0.1, -0.05) is 24.7 Å². The van der Waals surface area contributed by atoms with Crippen molar-refractivity contribution in [1.82, 2.24) is 31.9 Å². The number of fused-ring (bicyclic) bond motifs is 20. The number of rotatable bonds is 4. The molecule has 57 heavy (non-hydrogen) atoms. The van der Waals surface area contributed by atoms with Gasteiger partial charge in [-0.3, -0.25) is 28.8 Å². The second-order valence-electron chi connectivity index (χ2n) is 18.1. The molecule has 0 spiro atoms. The van der Waals surface area contributed by atoms with Crippen LogP contribution in [0.1, 0.15) is 77.0 Å². The van der Waals surface area contributed by atoms with Crippen LogP contribution in [0.25, 0.3) is 10.6 Å². The van der Waals surface area contributed by atoms with Crippen molar-refractivity contribution >= 4 is 40.5 Å². The molecular formula is C32H54N8O12S4Zn. The third kappa shape index (κ3) is 8.31. The van der Waals surface area contributed by atoms with Gasteiger partial charge in [-0.2, -0.15) is 33.7 Å². The molecule has 9 rings (SSSR count). The Morgan fingerprint density at radius 3 is 0.877 bits per heavy atom. The first-order valence-corrected chi connectivity index (χ1v) is 26.0. The quantitative estimate of drug-likeness (QED) is 0.127. The summed E-state index contributed by atoms with van der Waals surface area (Å²) >= 11 is 0. The van der Waals surface area contributed by atoms with Crippen LogP contribution in [0.4, 0.5) is 0 Å². The van der Waals surface area contributed by atoms with Gasteiger partial charge < -0.3 is 31.9 Å². The van der Waals surface area contributed by atoms with E-state index in [4.69, 9.17) is 10.6 Å². The molecule has 20 unspecified atom stereocenters. The average molecular weight is 936 g/mol. The van der Waals surface area contributed by atoms with Crippen molar-refractivity contribution in [3.8, 4) is 0 Å². The van der Waals surface area contributed by atoms with Gasteiger partial charge in [-0.25, -0.2) is 0 Å². The molecule has 0 aromatic rings. The SMILES string of the molecule is O=S(=O)(O)C1CCC2C3[N-]C(NC4NC(NC5[N-]C(NC6NC(N3)C3CC(S(=O)(=O)O)CCC63)C3CC(S(=O)(=O)O)CCC53)C3CC(S(=O)(=O)O)CCC43)C2C1.[Zn+2]. The van der Waals surface area contributed by atoms with Gasteiger partial charge >= 0.3 is 19.5 Å². The molecule has 0 radical (unpaired) electrons. The monoisotopic (exact) mass is 934 g/mol. The molecule has 0 aromatic heterocycles. The summed E-state index contributed by atoms with van der Waals surface area (Å²) in [6.07, 6.45) is -0.314. The summed E-state index contributed by atoms with van der Waals surface area (Å²) in [6, 6.07) is 0. The summed E-state index contributed by atoms with van der Waals surface area (Å²) in [7, 11) is -17.3. The van der Waals surface area contributed by atoms with Crippen molar-refractivity contribution in [3.63, 3.8) is 0 Å². The van der Waals surface area contributed by atoms with Gasteiger partial charge in [-0.15, -0.1) is 0 Å². The molecule has 9 aliphatic rings. The maximum absolute atomic E-state index is 12.4. The van der Waals surface area contributed by atoms with E-state index in [1.54, 1.807) is 0 Å². The van der Waals surface area contributed by atoms with Crippen LogP contribution in [0.3, 0.4) is 0 Å². The van der Waals surface area contributed by atoms with E-state index in [0.29, 0.717) is 25.7 Å². The van der Waals surface area contributed by atoms with Crippen molar-refractivity contribution in [2.75, 3.05) is 0 Å². The third-order valence-electron chi connectivity index (χ3n) is 15.4. The predicted octanol–water partition coefficient (Wildman–Crippen LogP) is -0.363. The normalized spacial score (nSPS) is 50.2. The number of nitrogens with zero attached hydrogens (tertiary/aromatic N) is 2. The summed E-state index contributed by atoms with van der Waals surface area (Å²) in [4.78, 5) is 0. The van der Waals surface area contributed by atoms with Crippen molar-refractivity contribution < 1.29 is 71.4 Å². The first-order valence-electron chi connectivity index (χ1n) is 20.0. The van der Waals surface area contributed by atoms with Crippen molar-refractivity contribution in [2.24, 2.45) is 47.3 Å². The van der Waals surface area contributed by atoms with Gasteiger partial charge in [0.05, 0.1) is 45.7 Å². The standard InChI is InChI=1S/C32H54N8O12S4.Zn/c41-53(42,43)13-1-5-17-21(9-13)29-33-25(17)37-30-22-10-14(54(44,45)46)2-6-18(22)27(34-30)39-32-24-12-16(56(50,51)52)4-8-20(24)28(36-32)40-31-23-11-15(55(47,48)49)3-7-19(23)26(35-31)38-29;/h13-33,36-40H,1-12H2,(H,41,42,43)(H,44,45,46)(H,47,48,49)(H,50,51,52);/q-2;+2. The minimum absolute atomic E-state index is 0. The van der Waals surface area contributed by atoms with Crippen molar-refractivity contribution in [1.29, 1.82) is 0 Å². The largest absolute Gasteiger partial charge is 2.00 e. The van der Waals surface area contributed by atoms with Crippen LogP contribution < -0.4 is 31.9 Å². The van der Waals surface area contributed by atoms with Crippen molar-refractivity contribution in [3.05, 3.63) is 10.6 Å². The Morgan fingerprint density at radius 2 is 0.579 bits per heavy atom. The summed E-state index contributed by atoms with van der Waals surface area (Å²) < 4.78 is 140. The smallest absolute Gasteiger partial charge is 0.632 e. The van der Waals surface area contributed by atoms with Crippen LogP contribution in [0, 0.1) is 47.3 Å². The summed E-state index contributed by atoms with van der Waals surface area (Å²) in [5, 5.41) is 28.6. The van der Waals surface area contributed by atoms with Crippen LogP contribution in [0.5, 0.6) is 0 Å². The second kappa shape index (κ2) is 15.6. The Balaban J connectivity index is 0.00000455. The van der Waals surface area contributed by atoms with Gasteiger partial charge in [-0.05, 0) is 124 Å². The zero-order chi connectivity index (χ0) is 39.7. The van der Waals surface area contributed by atoms with Crippen LogP contribution in [-0.4, -0.2) is 122 Å². The molecule has 5 saturated heterocycles. The maximum Gasteiger partial charge on any atom is 2.00 e. The number of nitrogens with one attached hydrogen (secondary N) is 6. The van der Waals surface area contributed by atoms with Gasteiger partial charge in [0.25, 0.3) is 40.5 Å². The third-order valence-corrected chi connectivity index (χ3v) is 20.5. The zero-order valence-electron chi connectivity index (χ0n) is 31.3. The molecule has 5 heterocycles. The van der Waals surface area contributed by atoms with E-state index in [1.165, 1.54) is 0 Å². The van der Waals surface area contributed by atoms with Crippen LogP contribution in [0.15, 0.2) is 0 Å². The first-order chi connectivity index (χ1) is 26.2. The molecule has 8 bridgehead atoms. The van der Waals surface area contributed by atoms with E-state index in [9.17, 15) is 51.9 Å². The van der Waals surface area contributed by atoms with Crippen LogP contribution in [-0.2, 0) is 60.0 Å². The van der Waals surface area contributed by atoms with Gasteiger partial charge in [0.2, 0.25) is 0 Å². The second-order valence-corrected chi connectivity index (χ2v) is 24.9. The molecule has 320 valence electrons. The van der Waals surface area contributed by atoms with Crippen molar-refractivity contribution in [2.45, 2.75) is 147 Å². The molecule has 5 aliphatic heterocycles. The van der Waals surface area contributed by atoms with Gasteiger partial charge in [0, 0.05) is 0 Å². The number of hydrogen-bond acceptors (Lipinski definition) is 14. The molecule has 4 saturated carbocycles. The topological polar surface area (TPSA) is 318 Å². The van der Waals surface area contributed by atoms with E-state index < -0.39 is 111 Å². The minimum Gasteiger partial charge on any atom is -0.632 e. The zero-order valence-corrected chi connectivity index (χ0v) is 37.6. The Hall–Kier alpha value is -0.0566. The Morgan fingerprint density at radius 1 is 0.333 bits per heavy atom. The summed E-state index contributed by atoms with van der Waals surface area (Å²) in [6.45, 7) is 0. The molecule has 4 aliphatic carbocycles. The molecule has 20 atom stereocenters. The molecule has 10 N–H and O–H groups in total. The molecule has 20 nitrogen and oxygen atoms in total. The van der Waals surface area contributed by atoms with E-state index in [1.807, 2.05) is 0 Å². The average Bonchev–Trinajstić information content (AvgIpc) is 3.84. The van der Waals surface area contributed by atoms with Gasteiger partial charge in [0.1, 0.15) is 0 Å². The Kier molecular flexibility index (Phi) is 12.0. The van der Waals surface area contributed by atoms with E-state index in [2.05, 4.69) is 31.9 Å². The number of hydrogen-bond donors (Lipinski definition) is 10. The summed E-state index contributed by atoms with van der Waals surface area (Å²) in [5.41, 5.74) is 0. The Labute approximate surface area is 347 Å². The van der Waals surface area contributed by atoms with E-state index in [-0.39, 0.29) is 118 Å². The molecule has 0 amide bonds. The maximum atomic E-state index is 12.4. The molecular weight excluding hydrogens is 882 g/mol. The van der Waals surface area contributed by atoms with E-state index in [0.717, 1.165) is 0 Å². The molecule has 0 aromatic carbocycles. The molecule has 25 heteroatoms. The van der Waals surface area contributed by atoms with E-state index >= 15 is 0 Å².